The third-order valence-corrected chi connectivity index (χ3v) is 4.34. The standard InChI is InChI=1S/C16H21N3O3/c17-15(20)14-10-19(8-9-22-14)16(21)18-13-7-3-5-11-4-1-2-6-12(11)13/h1-2,4,6,13-14H,3,5,7-10H2,(H2,17,20)(H,18,21). The van der Waals surface area contributed by atoms with E-state index < -0.39 is 12.0 Å². The third kappa shape index (κ3) is 3.06. The maximum absolute atomic E-state index is 12.5. The molecule has 118 valence electrons. The summed E-state index contributed by atoms with van der Waals surface area (Å²) >= 11 is 0. The van der Waals surface area contributed by atoms with E-state index in [9.17, 15) is 9.59 Å². The smallest absolute Gasteiger partial charge is 0.318 e. The molecule has 2 atom stereocenters. The predicted molar refractivity (Wildman–Crippen MR) is 81.2 cm³/mol. The number of aryl methyl sites for hydroxylation is 1. The Bertz CT molecular complexity index is 576. The molecule has 1 aliphatic carbocycles. The van der Waals surface area contributed by atoms with E-state index in [1.165, 1.54) is 11.1 Å². The van der Waals surface area contributed by atoms with E-state index >= 15 is 0 Å². The summed E-state index contributed by atoms with van der Waals surface area (Å²) in [6, 6.07) is 8.10. The number of hydrogen-bond acceptors (Lipinski definition) is 3. The lowest BCUT2D eigenvalue weighted by molar-refractivity contribution is -0.133. The van der Waals surface area contributed by atoms with Gasteiger partial charge in [-0.3, -0.25) is 4.79 Å². The van der Waals surface area contributed by atoms with Crippen molar-refractivity contribution >= 4 is 11.9 Å². The SMILES string of the molecule is NC(=O)C1CN(C(=O)NC2CCCc3ccccc32)CCO1. The summed E-state index contributed by atoms with van der Waals surface area (Å²) in [6.07, 6.45) is 2.35. The summed E-state index contributed by atoms with van der Waals surface area (Å²) in [6.45, 7) is 1.03. The van der Waals surface area contributed by atoms with Crippen LogP contribution in [0, 0.1) is 0 Å². The summed E-state index contributed by atoms with van der Waals surface area (Å²) in [5.74, 6) is -0.527. The average molecular weight is 303 g/mol. The minimum atomic E-state index is -0.710. The van der Waals surface area contributed by atoms with Crippen molar-refractivity contribution in [3.63, 3.8) is 0 Å². The molecular formula is C16H21N3O3. The number of fused-ring (bicyclic) bond motifs is 1. The Morgan fingerprint density at radius 2 is 2.14 bits per heavy atom. The molecule has 1 aromatic rings. The Morgan fingerprint density at radius 1 is 1.32 bits per heavy atom. The van der Waals surface area contributed by atoms with Crippen LogP contribution in [0.15, 0.2) is 24.3 Å². The number of morpholine rings is 1. The highest BCUT2D eigenvalue weighted by molar-refractivity contribution is 5.81. The van der Waals surface area contributed by atoms with Crippen molar-refractivity contribution in [2.75, 3.05) is 19.7 Å². The molecule has 3 rings (SSSR count). The zero-order valence-corrected chi connectivity index (χ0v) is 12.5. The quantitative estimate of drug-likeness (QED) is 0.853. The first-order valence-electron chi connectivity index (χ1n) is 7.69. The number of nitrogens with zero attached hydrogens (tertiary/aromatic N) is 1. The molecule has 2 unspecified atom stereocenters. The molecule has 0 saturated carbocycles. The lowest BCUT2D eigenvalue weighted by Gasteiger charge is -2.34. The Labute approximate surface area is 129 Å². The largest absolute Gasteiger partial charge is 0.367 e. The second-order valence-electron chi connectivity index (χ2n) is 5.80. The van der Waals surface area contributed by atoms with Crippen LogP contribution in [0.5, 0.6) is 0 Å². The number of ether oxygens (including phenoxy) is 1. The minimum Gasteiger partial charge on any atom is -0.367 e. The minimum absolute atomic E-state index is 0.0346. The molecule has 1 fully saturated rings. The molecule has 0 aromatic heterocycles. The third-order valence-electron chi connectivity index (χ3n) is 4.34. The maximum atomic E-state index is 12.5. The van der Waals surface area contributed by atoms with Crippen LogP contribution in [0.3, 0.4) is 0 Å². The number of urea groups is 1. The number of carbonyl (C=O) groups is 2. The molecule has 0 bridgehead atoms. The molecular weight excluding hydrogens is 282 g/mol. The molecule has 3 N–H and O–H groups in total. The first kappa shape index (κ1) is 14.8. The van der Waals surface area contributed by atoms with Crippen LogP contribution in [0.1, 0.15) is 30.0 Å². The van der Waals surface area contributed by atoms with Crippen molar-refractivity contribution in [3.05, 3.63) is 35.4 Å². The van der Waals surface area contributed by atoms with Gasteiger partial charge in [-0.25, -0.2) is 4.79 Å². The van der Waals surface area contributed by atoms with Crippen molar-refractivity contribution in [3.8, 4) is 0 Å². The number of nitrogens with one attached hydrogen (secondary N) is 1. The van der Waals surface area contributed by atoms with Crippen LogP contribution in [0.2, 0.25) is 0 Å². The maximum Gasteiger partial charge on any atom is 0.318 e. The summed E-state index contributed by atoms with van der Waals surface area (Å²) in [5.41, 5.74) is 7.75. The number of hydrogen-bond donors (Lipinski definition) is 2. The zero-order valence-electron chi connectivity index (χ0n) is 12.5. The molecule has 1 heterocycles. The van der Waals surface area contributed by atoms with Gasteiger partial charge in [-0.1, -0.05) is 24.3 Å². The molecule has 0 radical (unpaired) electrons. The molecule has 1 saturated heterocycles. The van der Waals surface area contributed by atoms with Crippen LogP contribution < -0.4 is 11.1 Å². The van der Waals surface area contributed by atoms with E-state index in [0.29, 0.717) is 13.2 Å². The monoisotopic (exact) mass is 303 g/mol. The highest BCUT2D eigenvalue weighted by Gasteiger charge is 2.29. The Hall–Kier alpha value is -2.08. The van der Waals surface area contributed by atoms with E-state index in [0.717, 1.165) is 19.3 Å². The van der Waals surface area contributed by atoms with Crippen molar-refractivity contribution in [1.29, 1.82) is 0 Å². The zero-order chi connectivity index (χ0) is 15.5. The highest BCUT2D eigenvalue weighted by atomic mass is 16.5. The van der Waals surface area contributed by atoms with Gasteiger partial charge < -0.3 is 20.7 Å². The van der Waals surface area contributed by atoms with Gasteiger partial charge in [0.1, 0.15) is 0 Å². The van der Waals surface area contributed by atoms with E-state index in [1.54, 1.807) is 4.90 Å². The van der Waals surface area contributed by atoms with E-state index in [4.69, 9.17) is 10.5 Å². The summed E-state index contributed by atoms with van der Waals surface area (Å²) < 4.78 is 5.27. The molecule has 1 aromatic carbocycles. The fourth-order valence-corrected chi connectivity index (χ4v) is 3.15. The van der Waals surface area contributed by atoms with Gasteiger partial charge in [0, 0.05) is 6.54 Å². The van der Waals surface area contributed by atoms with Crippen molar-refractivity contribution in [2.24, 2.45) is 5.73 Å². The van der Waals surface area contributed by atoms with E-state index in [1.807, 2.05) is 12.1 Å². The fraction of sp³-hybridized carbons (Fsp3) is 0.500. The normalized spacial score (nSPS) is 24.5. The average Bonchev–Trinajstić information content (AvgIpc) is 2.55. The molecule has 6 heteroatoms. The lowest BCUT2D eigenvalue weighted by Crippen LogP contribution is -2.53. The molecule has 2 aliphatic rings. The molecule has 22 heavy (non-hydrogen) atoms. The molecule has 3 amide bonds. The van der Waals surface area contributed by atoms with Gasteiger partial charge in [-0.15, -0.1) is 0 Å². The number of benzene rings is 1. The topological polar surface area (TPSA) is 84.7 Å². The number of amides is 3. The van der Waals surface area contributed by atoms with Gasteiger partial charge in [0.25, 0.3) is 0 Å². The fourth-order valence-electron chi connectivity index (χ4n) is 3.15. The summed E-state index contributed by atoms with van der Waals surface area (Å²) in [5, 5.41) is 3.08. The Kier molecular flexibility index (Phi) is 4.29. The molecule has 6 nitrogen and oxygen atoms in total. The highest BCUT2D eigenvalue weighted by Crippen LogP contribution is 2.29. The van der Waals surface area contributed by atoms with Gasteiger partial charge in [0.2, 0.25) is 5.91 Å². The molecule has 0 spiro atoms. The number of primary amides is 1. The van der Waals surface area contributed by atoms with E-state index in [-0.39, 0.29) is 18.6 Å². The van der Waals surface area contributed by atoms with Crippen molar-refractivity contribution in [2.45, 2.75) is 31.4 Å². The first-order valence-corrected chi connectivity index (χ1v) is 7.69. The van der Waals surface area contributed by atoms with Crippen LogP contribution in [0.25, 0.3) is 0 Å². The van der Waals surface area contributed by atoms with Crippen molar-refractivity contribution < 1.29 is 14.3 Å². The second-order valence-corrected chi connectivity index (χ2v) is 5.80. The van der Waals surface area contributed by atoms with Crippen LogP contribution >= 0.6 is 0 Å². The van der Waals surface area contributed by atoms with E-state index in [2.05, 4.69) is 17.4 Å². The van der Waals surface area contributed by atoms with Gasteiger partial charge in [0.15, 0.2) is 6.10 Å². The summed E-state index contributed by atoms with van der Waals surface area (Å²) in [7, 11) is 0. The van der Waals surface area contributed by atoms with Gasteiger partial charge in [-0.2, -0.15) is 0 Å². The summed E-state index contributed by atoms with van der Waals surface area (Å²) in [4.78, 5) is 25.3. The first-order chi connectivity index (χ1) is 10.6. The Morgan fingerprint density at radius 3 is 2.95 bits per heavy atom. The second kappa shape index (κ2) is 6.36. The Balaban J connectivity index is 1.66. The number of carbonyl (C=O) groups excluding carboxylic acids is 2. The van der Waals surface area contributed by atoms with Crippen LogP contribution in [-0.2, 0) is 16.0 Å². The van der Waals surface area contributed by atoms with Gasteiger partial charge in [-0.05, 0) is 30.4 Å². The molecule has 1 aliphatic heterocycles. The van der Waals surface area contributed by atoms with Crippen LogP contribution in [0.4, 0.5) is 4.79 Å². The van der Waals surface area contributed by atoms with Gasteiger partial charge in [0.05, 0.1) is 19.2 Å². The number of rotatable bonds is 2. The predicted octanol–water partition coefficient (Wildman–Crippen LogP) is 0.960. The van der Waals surface area contributed by atoms with Crippen molar-refractivity contribution in [1.82, 2.24) is 10.2 Å². The lowest BCUT2D eigenvalue weighted by atomic mass is 9.88. The van der Waals surface area contributed by atoms with Crippen LogP contribution in [-0.4, -0.2) is 42.6 Å². The number of nitrogens with two attached hydrogens (primary N) is 1. The van der Waals surface area contributed by atoms with Gasteiger partial charge >= 0.3 is 6.03 Å².